The molecule has 0 saturated carbocycles. The number of H-pyrrole nitrogens is 1. The van der Waals surface area contributed by atoms with Gasteiger partial charge in [-0.1, -0.05) is 6.42 Å². The van der Waals surface area contributed by atoms with Crippen molar-refractivity contribution in [3.63, 3.8) is 0 Å². The lowest BCUT2D eigenvalue weighted by atomic mass is 10.0. The third-order valence-corrected chi connectivity index (χ3v) is 6.79. The molecule has 0 radical (unpaired) electrons. The highest BCUT2D eigenvalue weighted by Crippen LogP contribution is 2.35. The van der Waals surface area contributed by atoms with Crippen LogP contribution in [0, 0.1) is 0 Å². The van der Waals surface area contributed by atoms with Crippen molar-refractivity contribution in [1.29, 1.82) is 0 Å². The number of rotatable bonds is 9. The van der Waals surface area contributed by atoms with Gasteiger partial charge in [0.25, 0.3) is 5.56 Å². The summed E-state index contributed by atoms with van der Waals surface area (Å²) >= 11 is 0. The van der Waals surface area contributed by atoms with E-state index in [0.717, 1.165) is 36.0 Å². The Morgan fingerprint density at radius 2 is 1.85 bits per heavy atom. The van der Waals surface area contributed by atoms with Gasteiger partial charge < -0.3 is 39.6 Å². The summed E-state index contributed by atoms with van der Waals surface area (Å²) in [5.41, 5.74) is 6.87. The van der Waals surface area contributed by atoms with E-state index in [1.807, 2.05) is 0 Å². The molecule has 2 saturated heterocycles. The first kappa shape index (κ1) is 28.9. The molecule has 2 amide bonds. The Bertz CT molecular complexity index is 1180. The van der Waals surface area contributed by atoms with Crippen molar-refractivity contribution in [2.24, 2.45) is 5.73 Å². The molecule has 2 fully saturated rings. The molecule has 1 aromatic rings. The fourth-order valence-corrected chi connectivity index (χ4v) is 4.82. The second kappa shape index (κ2) is 12.4. The average Bonchev–Trinajstić information content (AvgIpc) is 3.27. The van der Waals surface area contributed by atoms with E-state index in [9.17, 15) is 29.4 Å². The SMILES string of the molecule is COC1C(OC)[C@H](n2ccc(=O)[nH]c2=O)O[C@@H]1C(O[C@H]1OC(C(=O)NN2CCCCC2)=CC(O)C1O)C(N)=O. The largest absolute Gasteiger partial charge is 0.456 e. The molecule has 8 atom stereocenters. The molecule has 0 aromatic carbocycles. The lowest BCUT2D eigenvalue weighted by molar-refractivity contribution is -0.241. The number of aliphatic hydroxyl groups is 2. The zero-order valence-corrected chi connectivity index (χ0v) is 21.4. The molecule has 0 aliphatic carbocycles. The maximum atomic E-state index is 12.8. The number of aromatic amines is 1. The summed E-state index contributed by atoms with van der Waals surface area (Å²) in [5, 5.41) is 22.6. The first-order chi connectivity index (χ1) is 18.6. The second-order valence-corrected chi connectivity index (χ2v) is 9.36. The average molecular weight is 556 g/mol. The number of hydrogen-bond donors (Lipinski definition) is 5. The second-order valence-electron chi connectivity index (χ2n) is 9.36. The first-order valence-corrected chi connectivity index (χ1v) is 12.4. The van der Waals surface area contributed by atoms with Crippen LogP contribution >= 0.6 is 0 Å². The van der Waals surface area contributed by atoms with E-state index in [1.54, 1.807) is 5.01 Å². The number of ether oxygens (including phenoxy) is 5. The number of hydrazine groups is 1. The van der Waals surface area contributed by atoms with Crippen molar-refractivity contribution < 1.29 is 43.5 Å². The van der Waals surface area contributed by atoms with Gasteiger partial charge in [-0.15, -0.1) is 0 Å². The van der Waals surface area contributed by atoms with Gasteiger partial charge in [0.05, 0.1) is 0 Å². The number of piperidine rings is 1. The van der Waals surface area contributed by atoms with Gasteiger partial charge in [-0.25, -0.2) is 9.80 Å². The van der Waals surface area contributed by atoms with Crippen LogP contribution in [-0.4, -0.2) is 107 Å². The fraction of sp³-hybridized carbons (Fsp3) is 0.652. The van der Waals surface area contributed by atoms with Crippen LogP contribution in [0.4, 0.5) is 0 Å². The van der Waals surface area contributed by atoms with Gasteiger partial charge in [-0.3, -0.25) is 29.4 Å². The van der Waals surface area contributed by atoms with Crippen molar-refractivity contribution in [3.8, 4) is 0 Å². The van der Waals surface area contributed by atoms with Gasteiger partial charge in [0.2, 0.25) is 12.2 Å². The molecule has 4 rings (SSSR count). The zero-order valence-electron chi connectivity index (χ0n) is 21.4. The van der Waals surface area contributed by atoms with Gasteiger partial charge >= 0.3 is 11.6 Å². The molecule has 16 nitrogen and oxygen atoms in total. The van der Waals surface area contributed by atoms with Crippen LogP contribution in [0.2, 0.25) is 0 Å². The van der Waals surface area contributed by atoms with Crippen LogP contribution in [0.5, 0.6) is 0 Å². The summed E-state index contributed by atoms with van der Waals surface area (Å²) in [5.74, 6) is -2.05. The molecule has 5 unspecified atom stereocenters. The standard InChI is InChI=1S/C23H33N5O11/c1-35-15-16(38-21(18(15)36-2)28-9-6-13(30)25-23(28)34)17(19(24)32)39-22-14(31)11(29)10-12(37-22)20(33)26-27-7-4-3-5-8-27/h6,9-11,14-18,21-22,29,31H,3-5,7-8H2,1-2H3,(H2,24,32)(H,26,33)(H,25,30,34)/t11?,14?,15?,16-,17?,18?,21+,22+/m0/s1. The normalized spacial score (nSPS) is 32.2. The summed E-state index contributed by atoms with van der Waals surface area (Å²) in [6.07, 6.45) is -6.02. The van der Waals surface area contributed by atoms with Crippen molar-refractivity contribution in [2.45, 2.75) is 68.4 Å². The number of nitrogens with zero attached hydrogens (tertiary/aromatic N) is 2. The number of hydrogen-bond acceptors (Lipinski definition) is 12. The summed E-state index contributed by atoms with van der Waals surface area (Å²) in [6.45, 7) is 1.29. The Labute approximate surface area is 222 Å². The number of nitrogens with two attached hydrogens (primary N) is 1. The quantitative estimate of drug-likeness (QED) is 0.204. The lowest BCUT2D eigenvalue weighted by Gasteiger charge is -2.35. The zero-order chi connectivity index (χ0) is 28.3. The van der Waals surface area contributed by atoms with Gasteiger partial charge in [0, 0.05) is 39.6 Å². The monoisotopic (exact) mass is 555 g/mol. The molecule has 39 heavy (non-hydrogen) atoms. The molecule has 3 aliphatic rings. The van der Waals surface area contributed by atoms with E-state index >= 15 is 0 Å². The van der Waals surface area contributed by atoms with Crippen LogP contribution < -0.4 is 22.4 Å². The third-order valence-electron chi connectivity index (χ3n) is 6.79. The number of primary amides is 1. The molecule has 4 heterocycles. The molecule has 0 bridgehead atoms. The van der Waals surface area contributed by atoms with Crippen molar-refractivity contribution >= 4 is 11.8 Å². The van der Waals surface area contributed by atoms with Crippen molar-refractivity contribution in [3.05, 3.63) is 44.9 Å². The minimum absolute atomic E-state index is 0.324. The Morgan fingerprint density at radius 3 is 2.46 bits per heavy atom. The van der Waals surface area contributed by atoms with Gasteiger partial charge in [0.15, 0.2) is 18.1 Å². The van der Waals surface area contributed by atoms with Crippen molar-refractivity contribution in [2.75, 3.05) is 27.3 Å². The number of aliphatic hydroxyl groups excluding tert-OH is 2. The summed E-state index contributed by atoms with van der Waals surface area (Å²) in [4.78, 5) is 51.3. The van der Waals surface area contributed by atoms with Crippen LogP contribution in [0.3, 0.4) is 0 Å². The minimum Gasteiger partial charge on any atom is -0.456 e. The van der Waals surface area contributed by atoms with E-state index in [1.165, 1.54) is 20.4 Å². The number of methoxy groups -OCH3 is 2. The highest BCUT2D eigenvalue weighted by Gasteiger charge is 2.53. The predicted octanol–water partition coefficient (Wildman–Crippen LogP) is -3.19. The van der Waals surface area contributed by atoms with Crippen LogP contribution in [0.25, 0.3) is 0 Å². The highest BCUT2D eigenvalue weighted by atomic mass is 16.7. The molecule has 6 N–H and O–H groups in total. The molecule has 3 aliphatic heterocycles. The smallest absolute Gasteiger partial charge is 0.330 e. The Balaban J connectivity index is 1.54. The number of aromatic nitrogens is 2. The predicted molar refractivity (Wildman–Crippen MR) is 129 cm³/mol. The molecule has 0 spiro atoms. The maximum Gasteiger partial charge on any atom is 0.330 e. The van der Waals surface area contributed by atoms with E-state index in [4.69, 9.17) is 29.4 Å². The van der Waals surface area contributed by atoms with Crippen LogP contribution in [0.15, 0.2) is 33.7 Å². The third kappa shape index (κ3) is 6.22. The molecule has 16 heteroatoms. The number of carbonyl (C=O) groups is 2. The first-order valence-electron chi connectivity index (χ1n) is 12.4. The highest BCUT2D eigenvalue weighted by molar-refractivity contribution is 5.91. The fourth-order valence-electron chi connectivity index (χ4n) is 4.82. The van der Waals surface area contributed by atoms with E-state index in [0.29, 0.717) is 13.1 Å². The van der Waals surface area contributed by atoms with Crippen molar-refractivity contribution in [1.82, 2.24) is 20.0 Å². The Hall–Kier alpha value is -3.12. The van der Waals surface area contributed by atoms with E-state index in [-0.39, 0.29) is 5.76 Å². The summed E-state index contributed by atoms with van der Waals surface area (Å²) in [7, 11) is 2.64. The van der Waals surface area contributed by atoms with Crippen LogP contribution in [0.1, 0.15) is 25.5 Å². The van der Waals surface area contributed by atoms with Gasteiger partial charge in [0.1, 0.15) is 30.5 Å². The maximum absolute atomic E-state index is 12.8. The van der Waals surface area contributed by atoms with E-state index < -0.39 is 72.2 Å². The number of nitrogens with one attached hydrogen (secondary N) is 2. The molecular formula is C23H33N5O11. The van der Waals surface area contributed by atoms with Gasteiger partial charge in [-0.2, -0.15) is 0 Å². The summed E-state index contributed by atoms with van der Waals surface area (Å²) in [6, 6.07) is 1.10. The topological polar surface area (TPSA) is 217 Å². The van der Waals surface area contributed by atoms with E-state index in [2.05, 4.69) is 10.4 Å². The minimum atomic E-state index is -1.71. The van der Waals surface area contributed by atoms with Crippen LogP contribution in [-0.2, 0) is 33.3 Å². The lowest BCUT2D eigenvalue weighted by Crippen LogP contribution is -2.54. The molecule has 216 valence electrons. The van der Waals surface area contributed by atoms with Gasteiger partial charge in [-0.05, 0) is 18.9 Å². The summed E-state index contributed by atoms with van der Waals surface area (Å²) < 4.78 is 29.2. The molecular weight excluding hydrogens is 522 g/mol. The molecule has 1 aromatic heterocycles. The Kier molecular flexibility index (Phi) is 9.16. The number of carbonyl (C=O) groups excluding carboxylic acids is 2. The number of amides is 2. The Morgan fingerprint density at radius 1 is 1.15 bits per heavy atom.